The highest BCUT2D eigenvalue weighted by atomic mass is 19.4. The molecule has 1 aliphatic heterocycles. The molecule has 0 aliphatic carbocycles. The molecule has 146 valence electrons. The summed E-state index contributed by atoms with van der Waals surface area (Å²) in [5, 5.41) is 9.44. The van der Waals surface area contributed by atoms with Crippen molar-refractivity contribution in [3.8, 4) is 0 Å². The molecule has 1 N–H and O–H groups in total. The lowest BCUT2D eigenvalue weighted by Crippen LogP contribution is -2.45. The molecule has 1 saturated heterocycles. The van der Waals surface area contributed by atoms with Crippen LogP contribution in [-0.4, -0.2) is 40.8 Å². The smallest absolute Gasteiger partial charge is 0.417 e. The Morgan fingerprint density at radius 3 is 2.74 bits per heavy atom. The average Bonchev–Trinajstić information content (AvgIpc) is 3.17. The molecule has 2 amide bonds. The van der Waals surface area contributed by atoms with Crippen molar-refractivity contribution in [1.82, 2.24) is 20.4 Å². The second kappa shape index (κ2) is 8.41. The van der Waals surface area contributed by atoms with Crippen molar-refractivity contribution < 1.29 is 22.4 Å². The number of nitrogens with one attached hydrogen (secondary N) is 1. The molecule has 1 aromatic carbocycles. The Labute approximate surface area is 154 Å². The van der Waals surface area contributed by atoms with E-state index in [2.05, 4.69) is 15.5 Å². The van der Waals surface area contributed by atoms with E-state index in [4.69, 9.17) is 4.42 Å². The van der Waals surface area contributed by atoms with Gasteiger partial charge in [0.25, 0.3) is 0 Å². The predicted octanol–water partition coefficient (Wildman–Crippen LogP) is 3.61. The zero-order chi connectivity index (χ0) is 19.3. The van der Waals surface area contributed by atoms with Crippen LogP contribution in [0.3, 0.4) is 0 Å². The zero-order valence-electron chi connectivity index (χ0n) is 14.7. The lowest BCUT2D eigenvalue weighted by molar-refractivity contribution is -0.157. The van der Waals surface area contributed by atoms with Crippen LogP contribution in [0.25, 0.3) is 0 Å². The van der Waals surface area contributed by atoms with Crippen LogP contribution >= 0.6 is 0 Å². The minimum Gasteiger partial charge on any atom is -0.417 e. The predicted molar refractivity (Wildman–Crippen MR) is 91.0 cm³/mol. The Bertz CT molecular complexity index is 749. The topological polar surface area (TPSA) is 71.3 Å². The highest BCUT2D eigenvalue weighted by Gasteiger charge is 2.39. The minimum atomic E-state index is -4.66. The summed E-state index contributed by atoms with van der Waals surface area (Å²) in [6.45, 7) is 1.36. The lowest BCUT2D eigenvalue weighted by Gasteiger charge is -2.31. The number of benzene rings is 1. The highest BCUT2D eigenvalue weighted by Crippen LogP contribution is 2.31. The third kappa shape index (κ3) is 5.21. The summed E-state index contributed by atoms with van der Waals surface area (Å²) < 4.78 is 42.6. The van der Waals surface area contributed by atoms with Crippen molar-refractivity contribution in [3.63, 3.8) is 0 Å². The fraction of sp³-hybridized carbons (Fsp3) is 0.500. The van der Waals surface area contributed by atoms with Gasteiger partial charge in [-0.2, -0.15) is 13.2 Å². The van der Waals surface area contributed by atoms with E-state index < -0.39 is 12.1 Å². The lowest BCUT2D eigenvalue weighted by atomic mass is 9.98. The summed E-state index contributed by atoms with van der Waals surface area (Å²) in [6, 6.07) is 9.77. The van der Waals surface area contributed by atoms with Crippen LogP contribution in [0.5, 0.6) is 0 Å². The average molecular weight is 382 g/mol. The van der Waals surface area contributed by atoms with Crippen LogP contribution in [0.1, 0.15) is 42.5 Å². The van der Waals surface area contributed by atoms with E-state index in [-0.39, 0.29) is 24.4 Å². The molecule has 1 atom stereocenters. The number of hydrogen-bond donors (Lipinski definition) is 1. The SMILES string of the molecule is O=C(NCCCc1ccccc1)N1CCCC(c2nnc(C(F)(F)F)o2)C1. The maximum absolute atomic E-state index is 12.6. The maximum atomic E-state index is 12.6. The summed E-state index contributed by atoms with van der Waals surface area (Å²) in [4.78, 5) is 13.9. The molecule has 0 bridgehead atoms. The van der Waals surface area contributed by atoms with Crippen LogP contribution in [0, 0.1) is 0 Å². The number of carbonyl (C=O) groups excluding carboxylic acids is 1. The van der Waals surface area contributed by atoms with Crippen LogP contribution in [0.2, 0.25) is 0 Å². The molecule has 1 aromatic heterocycles. The van der Waals surface area contributed by atoms with Gasteiger partial charge >= 0.3 is 18.1 Å². The number of amides is 2. The van der Waals surface area contributed by atoms with Crippen molar-refractivity contribution in [2.45, 2.75) is 37.8 Å². The fourth-order valence-corrected chi connectivity index (χ4v) is 3.12. The molecule has 2 aromatic rings. The number of carbonyl (C=O) groups is 1. The molecule has 27 heavy (non-hydrogen) atoms. The van der Waals surface area contributed by atoms with Gasteiger partial charge in [0.05, 0.1) is 5.92 Å². The normalized spacial score (nSPS) is 17.7. The van der Waals surface area contributed by atoms with E-state index in [1.807, 2.05) is 30.3 Å². The summed E-state index contributed by atoms with van der Waals surface area (Å²) in [5.74, 6) is -1.79. The number of halogens is 3. The molecule has 2 heterocycles. The Balaban J connectivity index is 1.47. The first-order chi connectivity index (χ1) is 12.9. The zero-order valence-corrected chi connectivity index (χ0v) is 14.7. The van der Waals surface area contributed by atoms with E-state index in [1.54, 1.807) is 4.90 Å². The van der Waals surface area contributed by atoms with Gasteiger partial charge in [0.2, 0.25) is 5.89 Å². The quantitative estimate of drug-likeness (QED) is 0.802. The second-order valence-corrected chi connectivity index (χ2v) is 6.55. The summed E-state index contributed by atoms with van der Waals surface area (Å²) >= 11 is 0. The van der Waals surface area contributed by atoms with E-state index in [1.165, 1.54) is 5.56 Å². The Morgan fingerprint density at radius 2 is 2.04 bits per heavy atom. The number of aromatic nitrogens is 2. The van der Waals surface area contributed by atoms with Gasteiger partial charge in [-0.1, -0.05) is 30.3 Å². The number of aryl methyl sites for hydroxylation is 1. The number of likely N-dealkylation sites (tertiary alicyclic amines) is 1. The van der Waals surface area contributed by atoms with E-state index >= 15 is 0 Å². The largest absolute Gasteiger partial charge is 0.470 e. The number of alkyl halides is 3. The van der Waals surface area contributed by atoms with Crippen LogP contribution < -0.4 is 5.32 Å². The van der Waals surface area contributed by atoms with Gasteiger partial charge in [0.15, 0.2) is 0 Å². The maximum Gasteiger partial charge on any atom is 0.470 e. The molecule has 1 fully saturated rings. The highest BCUT2D eigenvalue weighted by molar-refractivity contribution is 5.74. The van der Waals surface area contributed by atoms with Crippen molar-refractivity contribution in [2.24, 2.45) is 0 Å². The van der Waals surface area contributed by atoms with Gasteiger partial charge in [0.1, 0.15) is 0 Å². The molecular weight excluding hydrogens is 361 g/mol. The molecular formula is C18H21F3N4O2. The van der Waals surface area contributed by atoms with Crippen LogP contribution in [0.4, 0.5) is 18.0 Å². The van der Waals surface area contributed by atoms with Crippen molar-refractivity contribution in [3.05, 3.63) is 47.7 Å². The van der Waals surface area contributed by atoms with Gasteiger partial charge in [-0.3, -0.25) is 0 Å². The van der Waals surface area contributed by atoms with E-state index in [0.29, 0.717) is 25.9 Å². The van der Waals surface area contributed by atoms with E-state index in [9.17, 15) is 18.0 Å². The molecule has 0 spiro atoms. The third-order valence-corrected chi connectivity index (χ3v) is 4.50. The summed E-state index contributed by atoms with van der Waals surface area (Å²) in [6.07, 6.45) is -1.70. The number of urea groups is 1. The molecule has 3 rings (SSSR count). The van der Waals surface area contributed by atoms with Gasteiger partial charge in [0, 0.05) is 19.6 Å². The molecule has 0 saturated carbocycles. The van der Waals surface area contributed by atoms with Crippen LogP contribution in [0.15, 0.2) is 34.7 Å². The first-order valence-corrected chi connectivity index (χ1v) is 8.91. The Hall–Kier alpha value is -2.58. The van der Waals surface area contributed by atoms with Gasteiger partial charge in [-0.25, -0.2) is 4.79 Å². The minimum absolute atomic E-state index is 0.0658. The monoisotopic (exact) mass is 382 g/mol. The third-order valence-electron chi connectivity index (χ3n) is 4.50. The van der Waals surface area contributed by atoms with Gasteiger partial charge in [-0.05, 0) is 31.2 Å². The number of nitrogens with zero attached hydrogens (tertiary/aromatic N) is 3. The Morgan fingerprint density at radius 1 is 1.26 bits per heavy atom. The van der Waals surface area contributed by atoms with Gasteiger partial charge in [-0.15, -0.1) is 10.2 Å². The fourth-order valence-electron chi connectivity index (χ4n) is 3.12. The first-order valence-electron chi connectivity index (χ1n) is 8.91. The second-order valence-electron chi connectivity index (χ2n) is 6.55. The summed E-state index contributed by atoms with van der Waals surface area (Å²) in [7, 11) is 0. The van der Waals surface area contributed by atoms with Crippen molar-refractivity contribution >= 4 is 6.03 Å². The number of hydrogen-bond acceptors (Lipinski definition) is 4. The Kier molecular flexibility index (Phi) is 5.98. The van der Waals surface area contributed by atoms with Crippen molar-refractivity contribution in [1.29, 1.82) is 0 Å². The van der Waals surface area contributed by atoms with E-state index in [0.717, 1.165) is 12.8 Å². The van der Waals surface area contributed by atoms with Crippen LogP contribution in [-0.2, 0) is 12.6 Å². The molecule has 1 unspecified atom stereocenters. The number of rotatable bonds is 5. The molecule has 9 heteroatoms. The standard InChI is InChI=1S/C18H21F3N4O2/c19-18(20,21)16-24-23-15(27-16)14-9-5-11-25(12-14)17(26)22-10-4-8-13-6-2-1-3-7-13/h1-3,6-7,14H,4-5,8-12H2,(H,22,26). The van der Waals surface area contributed by atoms with Crippen molar-refractivity contribution in [2.75, 3.05) is 19.6 Å². The molecule has 0 radical (unpaired) electrons. The molecule has 1 aliphatic rings. The van der Waals surface area contributed by atoms with Gasteiger partial charge < -0.3 is 14.6 Å². The first kappa shape index (κ1) is 19.2. The number of piperidine rings is 1. The molecule has 6 nitrogen and oxygen atoms in total. The summed E-state index contributed by atoms with van der Waals surface area (Å²) in [5.41, 5.74) is 1.21.